The normalized spacial score (nSPS) is 16.3. The smallest absolute Gasteiger partial charge is 0.269 e. The molecule has 7 nitrogen and oxygen atoms in total. The lowest BCUT2D eigenvalue weighted by Gasteiger charge is -2.33. The number of nitriles is 1. The van der Waals surface area contributed by atoms with E-state index >= 15 is 0 Å². The van der Waals surface area contributed by atoms with E-state index in [1.807, 2.05) is 0 Å². The van der Waals surface area contributed by atoms with E-state index in [0.29, 0.717) is 22.2 Å². The molecule has 1 aliphatic carbocycles. The molecule has 0 radical (unpaired) electrons. The van der Waals surface area contributed by atoms with Gasteiger partial charge in [0, 0.05) is 10.6 Å². The van der Waals surface area contributed by atoms with Gasteiger partial charge in [-0.05, 0) is 43.1 Å². The number of carbonyl (C=O) groups excluding carboxylic acids is 2. The van der Waals surface area contributed by atoms with Crippen molar-refractivity contribution < 1.29 is 9.59 Å². The lowest BCUT2D eigenvalue weighted by molar-refractivity contribution is -0.116. The minimum atomic E-state index is -0.622. The number of rotatable bonds is 4. The van der Waals surface area contributed by atoms with E-state index < -0.39 is 5.91 Å². The van der Waals surface area contributed by atoms with Crippen LogP contribution in [0.4, 0.5) is 5.00 Å². The molecule has 0 aliphatic heterocycles. The largest absolute Gasteiger partial charge is 0.364 e. The van der Waals surface area contributed by atoms with Crippen LogP contribution < -0.4 is 11.1 Å². The van der Waals surface area contributed by atoms with Crippen LogP contribution in [0.3, 0.4) is 0 Å². The third-order valence-electron chi connectivity index (χ3n) is 5.50. The van der Waals surface area contributed by atoms with E-state index in [4.69, 9.17) is 5.73 Å². The number of nitrogens with zero attached hydrogens (tertiary/aromatic N) is 3. The number of nitrogens with one attached hydrogen (secondary N) is 1. The number of amides is 2. The van der Waals surface area contributed by atoms with Crippen LogP contribution >= 0.6 is 11.3 Å². The molecule has 0 saturated carbocycles. The second kappa shape index (κ2) is 7.40. The first kappa shape index (κ1) is 20.1. The summed E-state index contributed by atoms with van der Waals surface area (Å²) in [5.74, 6) is -0.323. The van der Waals surface area contributed by atoms with Gasteiger partial charge in [-0.3, -0.25) is 9.59 Å². The minimum absolute atomic E-state index is 0.00413. The summed E-state index contributed by atoms with van der Waals surface area (Å²) >= 11 is 1.51. The van der Waals surface area contributed by atoms with Crippen LogP contribution in [0.1, 0.15) is 59.4 Å². The van der Waals surface area contributed by atoms with Crippen molar-refractivity contribution in [1.29, 1.82) is 5.26 Å². The maximum absolute atomic E-state index is 12.5. The fraction of sp³-hybridized carbons (Fsp3) is 0.500. The summed E-state index contributed by atoms with van der Waals surface area (Å²) in [4.78, 5) is 29.0. The highest BCUT2D eigenvalue weighted by Gasteiger charge is 2.32. The van der Waals surface area contributed by atoms with Crippen molar-refractivity contribution in [3.63, 3.8) is 0 Å². The van der Waals surface area contributed by atoms with E-state index in [9.17, 15) is 14.9 Å². The molecule has 0 fully saturated rings. The molecule has 2 heterocycles. The SMILES string of the molecule is Cc1c(C(N)=O)ncn1CC(=O)Nc1sc2c(c1C#N)CCC(C(C)(C)C)C2. The second-order valence-electron chi connectivity index (χ2n) is 8.34. The Morgan fingerprint density at radius 3 is 2.75 bits per heavy atom. The zero-order valence-electron chi connectivity index (χ0n) is 16.6. The van der Waals surface area contributed by atoms with Gasteiger partial charge in [-0.1, -0.05) is 20.8 Å². The van der Waals surface area contributed by atoms with E-state index in [2.05, 4.69) is 37.1 Å². The highest BCUT2D eigenvalue weighted by Crippen LogP contribution is 2.43. The molecule has 3 rings (SSSR count). The van der Waals surface area contributed by atoms with Crippen LogP contribution in [0.5, 0.6) is 0 Å². The molecule has 148 valence electrons. The number of aromatic nitrogens is 2. The number of hydrogen-bond donors (Lipinski definition) is 2. The Morgan fingerprint density at radius 2 is 2.18 bits per heavy atom. The van der Waals surface area contributed by atoms with Gasteiger partial charge in [0.2, 0.25) is 5.91 Å². The summed E-state index contributed by atoms with van der Waals surface area (Å²) in [5.41, 5.74) is 7.85. The molecule has 2 aromatic rings. The first-order chi connectivity index (χ1) is 13.1. The molecule has 8 heteroatoms. The molecular formula is C20H25N5O2S. The molecular weight excluding hydrogens is 374 g/mol. The van der Waals surface area contributed by atoms with Crippen molar-refractivity contribution in [2.45, 2.75) is 53.5 Å². The van der Waals surface area contributed by atoms with Crippen molar-refractivity contribution in [3.05, 3.63) is 33.7 Å². The summed E-state index contributed by atoms with van der Waals surface area (Å²) < 4.78 is 1.57. The molecule has 0 spiro atoms. The summed E-state index contributed by atoms with van der Waals surface area (Å²) in [5, 5.41) is 13.1. The highest BCUT2D eigenvalue weighted by atomic mass is 32.1. The Bertz CT molecular complexity index is 974. The predicted octanol–water partition coefficient (Wildman–Crippen LogP) is 3.01. The van der Waals surface area contributed by atoms with Gasteiger partial charge in [0.15, 0.2) is 0 Å². The monoisotopic (exact) mass is 399 g/mol. The van der Waals surface area contributed by atoms with Crippen molar-refractivity contribution in [2.24, 2.45) is 17.1 Å². The Balaban J connectivity index is 1.78. The minimum Gasteiger partial charge on any atom is -0.364 e. The van der Waals surface area contributed by atoms with Crippen molar-refractivity contribution in [3.8, 4) is 6.07 Å². The predicted molar refractivity (Wildman–Crippen MR) is 108 cm³/mol. The summed E-state index contributed by atoms with van der Waals surface area (Å²) in [7, 11) is 0. The topological polar surface area (TPSA) is 114 Å². The van der Waals surface area contributed by atoms with Gasteiger partial charge in [-0.25, -0.2) is 4.98 Å². The van der Waals surface area contributed by atoms with Crippen LogP contribution in [-0.4, -0.2) is 21.4 Å². The van der Waals surface area contributed by atoms with Gasteiger partial charge in [0.1, 0.15) is 23.3 Å². The maximum Gasteiger partial charge on any atom is 0.269 e. The van der Waals surface area contributed by atoms with E-state index in [0.717, 1.165) is 24.8 Å². The van der Waals surface area contributed by atoms with E-state index in [1.165, 1.54) is 22.5 Å². The second-order valence-corrected chi connectivity index (χ2v) is 9.45. The number of thiophene rings is 1. The van der Waals surface area contributed by atoms with Crippen molar-refractivity contribution >= 4 is 28.2 Å². The van der Waals surface area contributed by atoms with Crippen LogP contribution in [0.2, 0.25) is 0 Å². The molecule has 0 saturated heterocycles. The summed E-state index contributed by atoms with van der Waals surface area (Å²) in [6.07, 6.45) is 4.29. The molecule has 2 aromatic heterocycles. The molecule has 1 unspecified atom stereocenters. The molecule has 1 aliphatic rings. The number of primary amides is 1. The van der Waals surface area contributed by atoms with Crippen LogP contribution in [0.25, 0.3) is 0 Å². The van der Waals surface area contributed by atoms with Gasteiger partial charge in [0.05, 0.1) is 11.9 Å². The van der Waals surface area contributed by atoms with E-state index in [1.54, 1.807) is 11.5 Å². The molecule has 1 atom stereocenters. The molecule has 3 N–H and O–H groups in total. The number of carbonyl (C=O) groups is 2. The van der Waals surface area contributed by atoms with Gasteiger partial charge in [-0.15, -0.1) is 11.3 Å². The van der Waals surface area contributed by atoms with Gasteiger partial charge in [0.25, 0.3) is 5.91 Å². The Morgan fingerprint density at radius 1 is 1.46 bits per heavy atom. The fourth-order valence-electron chi connectivity index (χ4n) is 3.70. The molecule has 0 aromatic carbocycles. The lowest BCUT2D eigenvalue weighted by atomic mass is 9.72. The highest BCUT2D eigenvalue weighted by molar-refractivity contribution is 7.16. The molecule has 0 bridgehead atoms. The third kappa shape index (κ3) is 3.80. The number of imidazole rings is 1. The van der Waals surface area contributed by atoms with Gasteiger partial charge < -0.3 is 15.6 Å². The quantitative estimate of drug-likeness (QED) is 0.822. The standard InChI is InChI=1S/C20H25N5O2S/c1-11-17(18(22)27)23-10-25(11)9-16(26)24-19-14(8-21)13-6-5-12(20(2,3)4)7-15(13)28-19/h10,12H,5-7,9H2,1-4H3,(H2,22,27)(H,24,26). The summed E-state index contributed by atoms with van der Waals surface area (Å²) in [6.45, 7) is 8.44. The third-order valence-corrected chi connectivity index (χ3v) is 6.67. The first-order valence-electron chi connectivity index (χ1n) is 9.27. The van der Waals surface area contributed by atoms with Crippen LogP contribution in [0.15, 0.2) is 6.33 Å². The molecule has 28 heavy (non-hydrogen) atoms. The van der Waals surface area contributed by atoms with Crippen LogP contribution in [0, 0.1) is 29.6 Å². The number of fused-ring (bicyclic) bond motifs is 1. The van der Waals surface area contributed by atoms with E-state index in [-0.39, 0.29) is 23.6 Å². The van der Waals surface area contributed by atoms with Crippen LogP contribution in [-0.2, 0) is 24.2 Å². The lowest BCUT2D eigenvalue weighted by Crippen LogP contribution is -2.26. The zero-order chi connectivity index (χ0) is 20.6. The van der Waals surface area contributed by atoms with Crippen molar-refractivity contribution in [2.75, 3.05) is 5.32 Å². The Labute approximate surface area is 168 Å². The molecule has 2 amide bonds. The summed E-state index contributed by atoms with van der Waals surface area (Å²) in [6, 6.07) is 2.27. The maximum atomic E-state index is 12.5. The number of anilines is 1. The van der Waals surface area contributed by atoms with Gasteiger partial charge >= 0.3 is 0 Å². The van der Waals surface area contributed by atoms with Crippen molar-refractivity contribution in [1.82, 2.24) is 9.55 Å². The number of nitrogens with two attached hydrogens (primary N) is 1. The average Bonchev–Trinajstić information content (AvgIpc) is 3.13. The fourth-order valence-corrected chi connectivity index (χ4v) is 4.99. The number of hydrogen-bond acceptors (Lipinski definition) is 5. The van der Waals surface area contributed by atoms with Gasteiger partial charge in [-0.2, -0.15) is 5.26 Å². The average molecular weight is 400 g/mol. The Kier molecular flexibility index (Phi) is 5.31. The Hall–Kier alpha value is -2.66. The zero-order valence-corrected chi connectivity index (χ0v) is 17.4. The first-order valence-corrected chi connectivity index (χ1v) is 10.1.